The van der Waals surface area contributed by atoms with E-state index in [1.54, 1.807) is 37.4 Å². The highest BCUT2D eigenvalue weighted by Crippen LogP contribution is 2.39. The van der Waals surface area contributed by atoms with Gasteiger partial charge in [0, 0.05) is 17.6 Å². The van der Waals surface area contributed by atoms with Crippen molar-refractivity contribution in [3.8, 4) is 22.6 Å². The van der Waals surface area contributed by atoms with Gasteiger partial charge in [0.2, 0.25) is 0 Å². The third-order valence-corrected chi connectivity index (χ3v) is 4.90. The Balaban J connectivity index is 2.27. The molecule has 1 aromatic carbocycles. The van der Waals surface area contributed by atoms with Gasteiger partial charge >= 0.3 is 11.9 Å². The lowest BCUT2D eigenvalue weighted by Gasteiger charge is -2.11. The molecule has 168 valence electrons. The first-order valence-corrected chi connectivity index (χ1v) is 10.4. The first-order valence-electron chi connectivity index (χ1n) is 9.49. The van der Waals surface area contributed by atoms with Crippen molar-refractivity contribution >= 4 is 34.2 Å². The summed E-state index contributed by atoms with van der Waals surface area (Å²) in [5, 5.41) is 4.62. The van der Waals surface area contributed by atoms with Crippen LogP contribution in [0.4, 0.5) is 5.00 Å². The van der Waals surface area contributed by atoms with Gasteiger partial charge in [0.05, 0.1) is 20.8 Å². The number of hydrogen-bond acceptors (Lipinski definition) is 9. The minimum atomic E-state index is -0.653. The number of rotatable bonds is 11. The average molecular weight is 451 g/mol. The van der Waals surface area contributed by atoms with Gasteiger partial charge in [-0.15, -0.1) is 11.3 Å². The monoisotopic (exact) mass is 451 g/mol. The fourth-order valence-electron chi connectivity index (χ4n) is 2.61. The molecular weight excluding hydrogens is 426 g/mol. The summed E-state index contributed by atoms with van der Waals surface area (Å²) in [6.07, 6.45) is 0. The molecule has 31 heavy (non-hydrogen) atoms. The van der Waals surface area contributed by atoms with Crippen molar-refractivity contribution < 1.29 is 38.1 Å². The minimum Gasteiger partial charge on any atom is -0.493 e. The third-order valence-electron chi connectivity index (χ3n) is 4.01. The molecule has 0 aliphatic carbocycles. The van der Waals surface area contributed by atoms with E-state index >= 15 is 0 Å². The Morgan fingerprint density at radius 1 is 0.968 bits per heavy atom. The number of ether oxygens (including phenoxy) is 5. The fraction of sp³-hybridized carbons (Fsp3) is 0.381. The number of amides is 1. The second-order valence-electron chi connectivity index (χ2n) is 5.99. The Kier molecular flexibility index (Phi) is 9.29. The number of benzene rings is 1. The maximum Gasteiger partial charge on any atom is 0.341 e. The normalized spacial score (nSPS) is 10.3. The van der Waals surface area contributed by atoms with Gasteiger partial charge in [0.25, 0.3) is 5.91 Å². The van der Waals surface area contributed by atoms with E-state index in [4.69, 9.17) is 23.7 Å². The van der Waals surface area contributed by atoms with Gasteiger partial charge in [-0.1, -0.05) is 6.07 Å². The lowest BCUT2D eigenvalue weighted by Crippen LogP contribution is -2.23. The molecule has 10 heteroatoms. The maximum absolute atomic E-state index is 12.6. The lowest BCUT2D eigenvalue weighted by atomic mass is 10.0. The van der Waals surface area contributed by atoms with Crippen molar-refractivity contribution in [1.82, 2.24) is 0 Å². The van der Waals surface area contributed by atoms with E-state index < -0.39 is 24.5 Å². The molecule has 0 unspecified atom stereocenters. The number of nitrogens with one attached hydrogen (secondary N) is 1. The molecule has 2 rings (SSSR count). The maximum atomic E-state index is 12.6. The number of hydrogen-bond donors (Lipinski definition) is 1. The predicted molar refractivity (Wildman–Crippen MR) is 115 cm³/mol. The molecule has 9 nitrogen and oxygen atoms in total. The van der Waals surface area contributed by atoms with Crippen molar-refractivity contribution in [3.63, 3.8) is 0 Å². The average Bonchev–Trinajstić information content (AvgIpc) is 3.19. The zero-order chi connectivity index (χ0) is 22.8. The van der Waals surface area contributed by atoms with E-state index in [0.29, 0.717) is 29.2 Å². The van der Waals surface area contributed by atoms with Crippen LogP contribution in [0.3, 0.4) is 0 Å². The number of carbonyl (C=O) groups is 3. The molecule has 1 N–H and O–H groups in total. The quantitative estimate of drug-likeness (QED) is 0.519. The Morgan fingerprint density at radius 2 is 1.71 bits per heavy atom. The fourth-order valence-corrected chi connectivity index (χ4v) is 3.58. The first-order chi connectivity index (χ1) is 14.9. The summed E-state index contributed by atoms with van der Waals surface area (Å²) < 4.78 is 25.5. The zero-order valence-corrected chi connectivity index (χ0v) is 18.6. The molecule has 2 aromatic rings. The van der Waals surface area contributed by atoms with Crippen LogP contribution in [0, 0.1) is 0 Å². The van der Waals surface area contributed by atoms with Gasteiger partial charge in [-0.3, -0.25) is 4.79 Å². The van der Waals surface area contributed by atoms with E-state index in [-0.39, 0.29) is 23.8 Å². The molecule has 1 heterocycles. The van der Waals surface area contributed by atoms with Crippen LogP contribution in [0.15, 0.2) is 23.6 Å². The molecular formula is C21H25NO8S. The SMILES string of the molecule is CCOCC(=O)OCC(=O)Nc1scc(-c2ccc(OC)c(OC)c2)c1C(=O)OCC. The highest BCUT2D eigenvalue weighted by Gasteiger charge is 2.24. The second kappa shape index (κ2) is 11.9. The van der Waals surface area contributed by atoms with E-state index in [9.17, 15) is 14.4 Å². The van der Waals surface area contributed by atoms with Crippen molar-refractivity contribution in [2.75, 3.05) is 46.0 Å². The molecule has 0 bridgehead atoms. The van der Waals surface area contributed by atoms with Gasteiger partial charge in [-0.05, 0) is 31.5 Å². The van der Waals surface area contributed by atoms with Crippen LogP contribution in [-0.4, -0.2) is 58.5 Å². The van der Waals surface area contributed by atoms with E-state index in [0.717, 1.165) is 11.3 Å². The van der Waals surface area contributed by atoms with Gasteiger partial charge in [0.15, 0.2) is 18.1 Å². The summed E-state index contributed by atoms with van der Waals surface area (Å²) in [4.78, 5) is 36.4. The van der Waals surface area contributed by atoms with Crippen LogP contribution in [0.2, 0.25) is 0 Å². The van der Waals surface area contributed by atoms with E-state index in [1.165, 1.54) is 14.2 Å². The molecule has 1 amide bonds. The third kappa shape index (κ3) is 6.43. The topological polar surface area (TPSA) is 109 Å². The van der Waals surface area contributed by atoms with Crippen molar-refractivity contribution in [3.05, 3.63) is 29.1 Å². The van der Waals surface area contributed by atoms with Crippen LogP contribution >= 0.6 is 11.3 Å². The Labute approximate surface area is 184 Å². The predicted octanol–water partition coefficient (Wildman–Crippen LogP) is 3.13. The number of thiophene rings is 1. The molecule has 0 saturated carbocycles. The molecule has 0 fully saturated rings. The van der Waals surface area contributed by atoms with Crippen LogP contribution in [0.25, 0.3) is 11.1 Å². The molecule has 0 atom stereocenters. The van der Waals surface area contributed by atoms with E-state index in [2.05, 4.69) is 5.32 Å². The molecule has 0 aliphatic rings. The van der Waals surface area contributed by atoms with Crippen molar-refractivity contribution in [2.24, 2.45) is 0 Å². The highest BCUT2D eigenvalue weighted by molar-refractivity contribution is 7.15. The molecule has 1 aromatic heterocycles. The number of anilines is 1. The summed E-state index contributed by atoms with van der Waals surface area (Å²) >= 11 is 1.16. The number of methoxy groups -OCH3 is 2. The lowest BCUT2D eigenvalue weighted by molar-refractivity contribution is -0.151. The van der Waals surface area contributed by atoms with Crippen molar-refractivity contribution in [1.29, 1.82) is 0 Å². The molecule has 0 spiro atoms. The van der Waals surface area contributed by atoms with Crippen LogP contribution in [0.1, 0.15) is 24.2 Å². The van der Waals surface area contributed by atoms with Gasteiger partial charge in [-0.2, -0.15) is 0 Å². The highest BCUT2D eigenvalue weighted by atomic mass is 32.1. The zero-order valence-electron chi connectivity index (χ0n) is 17.8. The summed E-state index contributed by atoms with van der Waals surface area (Å²) in [6.45, 7) is 3.22. The van der Waals surface area contributed by atoms with Gasteiger partial charge in [0.1, 0.15) is 17.2 Å². The number of carbonyl (C=O) groups excluding carboxylic acids is 3. The van der Waals surface area contributed by atoms with Crippen molar-refractivity contribution in [2.45, 2.75) is 13.8 Å². The van der Waals surface area contributed by atoms with Crippen LogP contribution in [-0.2, 0) is 23.8 Å². The Hall–Kier alpha value is -3.11. The smallest absolute Gasteiger partial charge is 0.341 e. The first kappa shape index (κ1) is 24.2. The van der Waals surface area contributed by atoms with Gasteiger partial charge < -0.3 is 29.0 Å². The van der Waals surface area contributed by atoms with E-state index in [1.807, 2.05) is 0 Å². The Morgan fingerprint density at radius 3 is 2.35 bits per heavy atom. The van der Waals surface area contributed by atoms with Crippen LogP contribution in [0.5, 0.6) is 11.5 Å². The standard InChI is InChI=1S/C21H25NO8S/c1-5-28-11-18(24)30-10-17(23)22-20-19(21(25)29-6-2)14(12-31-20)13-7-8-15(26-3)16(9-13)27-4/h7-9,12H,5-6,10-11H2,1-4H3,(H,22,23). The molecule has 0 radical (unpaired) electrons. The summed E-state index contributed by atoms with van der Waals surface area (Å²) in [5.41, 5.74) is 1.45. The molecule has 0 aliphatic heterocycles. The Bertz CT molecular complexity index is 924. The van der Waals surface area contributed by atoms with Gasteiger partial charge in [-0.25, -0.2) is 9.59 Å². The summed E-state index contributed by atoms with van der Waals surface area (Å²) in [6, 6.07) is 5.22. The second-order valence-corrected chi connectivity index (χ2v) is 6.87. The summed E-state index contributed by atoms with van der Waals surface area (Å²) in [5.74, 6) is -0.789. The summed E-state index contributed by atoms with van der Waals surface area (Å²) in [7, 11) is 3.04. The minimum absolute atomic E-state index is 0.169. The largest absolute Gasteiger partial charge is 0.493 e. The molecule has 0 saturated heterocycles. The number of esters is 2. The van der Waals surface area contributed by atoms with Crippen LogP contribution < -0.4 is 14.8 Å².